The molecule has 0 spiro atoms. The van der Waals surface area contributed by atoms with Crippen molar-refractivity contribution >= 4 is 21.7 Å². The zero-order valence-corrected chi connectivity index (χ0v) is 12.0. The monoisotopic (exact) mass is 305 g/mol. The number of hydrogen-bond acceptors (Lipinski definition) is 2. The van der Waals surface area contributed by atoms with Gasteiger partial charge in [0.1, 0.15) is 5.82 Å². The molecule has 18 heavy (non-hydrogen) atoms. The van der Waals surface area contributed by atoms with Gasteiger partial charge in [0, 0.05) is 15.7 Å². The summed E-state index contributed by atoms with van der Waals surface area (Å²) in [4.78, 5) is 0. The Morgan fingerprint density at radius 2 is 2.06 bits per heavy atom. The minimum absolute atomic E-state index is 0.698. The second kappa shape index (κ2) is 4.43. The van der Waals surface area contributed by atoms with E-state index in [1.165, 1.54) is 29.7 Å². The molecule has 0 aliphatic heterocycles. The van der Waals surface area contributed by atoms with Gasteiger partial charge in [-0.05, 0) is 50.3 Å². The molecule has 94 valence electrons. The number of anilines is 1. The summed E-state index contributed by atoms with van der Waals surface area (Å²) in [5, 5.41) is 4.54. The van der Waals surface area contributed by atoms with Gasteiger partial charge in [-0.3, -0.25) is 0 Å². The van der Waals surface area contributed by atoms with Crippen LogP contribution in [0.25, 0.3) is 5.69 Å². The van der Waals surface area contributed by atoms with Crippen LogP contribution >= 0.6 is 15.9 Å². The second-order valence-electron chi connectivity index (χ2n) is 4.81. The van der Waals surface area contributed by atoms with E-state index in [0.29, 0.717) is 5.82 Å². The van der Waals surface area contributed by atoms with Crippen molar-refractivity contribution in [3.63, 3.8) is 0 Å². The van der Waals surface area contributed by atoms with Gasteiger partial charge in [-0.15, -0.1) is 0 Å². The average Bonchev–Trinajstić information content (AvgIpc) is 2.71. The maximum absolute atomic E-state index is 6.04. The van der Waals surface area contributed by atoms with E-state index in [9.17, 15) is 0 Å². The second-order valence-corrected chi connectivity index (χ2v) is 5.67. The smallest absolute Gasteiger partial charge is 0.149 e. The Kier molecular flexibility index (Phi) is 2.90. The van der Waals surface area contributed by atoms with E-state index in [-0.39, 0.29) is 0 Å². The quantitative estimate of drug-likeness (QED) is 0.877. The molecule has 0 saturated carbocycles. The molecule has 1 heterocycles. The van der Waals surface area contributed by atoms with Crippen LogP contribution in [0.15, 0.2) is 22.7 Å². The number of hydrogen-bond donors (Lipinski definition) is 1. The lowest BCUT2D eigenvalue weighted by Gasteiger charge is -2.15. The standard InChI is InChI=1S/C14H16BrN3/c1-9-11(15)6-4-8-12(9)18-13-7-3-2-5-10(13)14(16)17-18/h4,6,8H,2-3,5,7H2,1H3,(H2,16,17). The third kappa shape index (κ3) is 1.75. The van der Waals surface area contributed by atoms with Crippen molar-refractivity contribution in [2.24, 2.45) is 0 Å². The molecule has 3 rings (SSSR count). The summed E-state index contributed by atoms with van der Waals surface area (Å²) in [6.45, 7) is 2.10. The highest BCUT2D eigenvalue weighted by molar-refractivity contribution is 9.10. The maximum Gasteiger partial charge on any atom is 0.149 e. The van der Waals surface area contributed by atoms with Gasteiger partial charge in [-0.2, -0.15) is 5.10 Å². The first-order chi connectivity index (χ1) is 8.68. The molecule has 1 aromatic carbocycles. The number of rotatable bonds is 1. The van der Waals surface area contributed by atoms with E-state index < -0.39 is 0 Å². The molecule has 4 heteroatoms. The SMILES string of the molecule is Cc1c(Br)cccc1-n1nc(N)c2c1CCCC2. The topological polar surface area (TPSA) is 43.8 Å². The molecule has 1 aliphatic rings. The highest BCUT2D eigenvalue weighted by Gasteiger charge is 2.20. The van der Waals surface area contributed by atoms with Crippen LogP contribution in [0.2, 0.25) is 0 Å². The average molecular weight is 306 g/mol. The summed E-state index contributed by atoms with van der Waals surface area (Å²) in [7, 11) is 0. The van der Waals surface area contributed by atoms with E-state index in [1.54, 1.807) is 0 Å². The first kappa shape index (κ1) is 11.8. The minimum Gasteiger partial charge on any atom is -0.382 e. The van der Waals surface area contributed by atoms with E-state index >= 15 is 0 Å². The number of nitrogens with zero attached hydrogens (tertiary/aromatic N) is 2. The largest absolute Gasteiger partial charge is 0.382 e. The molecule has 0 radical (unpaired) electrons. The van der Waals surface area contributed by atoms with Crippen molar-refractivity contribution in [1.29, 1.82) is 0 Å². The van der Waals surface area contributed by atoms with Crippen LogP contribution < -0.4 is 5.73 Å². The molecule has 1 aliphatic carbocycles. The number of fused-ring (bicyclic) bond motifs is 1. The van der Waals surface area contributed by atoms with Crippen molar-refractivity contribution in [2.75, 3.05) is 5.73 Å². The van der Waals surface area contributed by atoms with Crippen molar-refractivity contribution in [3.8, 4) is 5.69 Å². The first-order valence-electron chi connectivity index (χ1n) is 6.30. The van der Waals surface area contributed by atoms with Crippen LogP contribution in [0.1, 0.15) is 29.7 Å². The van der Waals surface area contributed by atoms with Gasteiger partial charge < -0.3 is 5.73 Å². The Balaban J connectivity index is 2.20. The van der Waals surface area contributed by atoms with Gasteiger partial charge in [-0.1, -0.05) is 22.0 Å². The first-order valence-corrected chi connectivity index (χ1v) is 7.09. The fraction of sp³-hybridized carbons (Fsp3) is 0.357. The predicted molar refractivity (Wildman–Crippen MR) is 77.1 cm³/mol. The summed E-state index contributed by atoms with van der Waals surface area (Å²) in [5.74, 6) is 0.698. The summed E-state index contributed by atoms with van der Waals surface area (Å²) < 4.78 is 3.14. The van der Waals surface area contributed by atoms with Gasteiger partial charge in [-0.25, -0.2) is 4.68 Å². The normalized spacial score (nSPS) is 14.6. The van der Waals surface area contributed by atoms with E-state index in [1.807, 2.05) is 10.7 Å². The number of halogens is 1. The van der Waals surface area contributed by atoms with Gasteiger partial charge in [0.15, 0.2) is 0 Å². The Bertz CT molecular complexity index is 601. The Morgan fingerprint density at radius 3 is 2.89 bits per heavy atom. The molecular formula is C14H16BrN3. The Morgan fingerprint density at radius 1 is 1.28 bits per heavy atom. The van der Waals surface area contributed by atoms with Crippen LogP contribution in [0, 0.1) is 6.92 Å². The lowest BCUT2D eigenvalue weighted by atomic mass is 9.97. The zero-order chi connectivity index (χ0) is 12.7. The van der Waals surface area contributed by atoms with E-state index in [0.717, 1.165) is 23.0 Å². The van der Waals surface area contributed by atoms with Gasteiger partial charge >= 0.3 is 0 Å². The van der Waals surface area contributed by atoms with Crippen molar-refractivity contribution < 1.29 is 0 Å². The molecule has 0 fully saturated rings. The van der Waals surface area contributed by atoms with Crippen LogP contribution in [-0.2, 0) is 12.8 Å². The third-order valence-corrected chi connectivity index (χ3v) is 4.54. The van der Waals surface area contributed by atoms with Crippen LogP contribution in [0.3, 0.4) is 0 Å². The third-order valence-electron chi connectivity index (χ3n) is 3.68. The summed E-state index contributed by atoms with van der Waals surface area (Å²) in [6, 6.07) is 6.19. The molecule has 0 atom stereocenters. The molecule has 0 amide bonds. The fourth-order valence-corrected chi connectivity index (χ4v) is 3.01. The molecule has 0 saturated heterocycles. The van der Waals surface area contributed by atoms with Crippen LogP contribution in [0.5, 0.6) is 0 Å². The Labute approximate surface area is 115 Å². The molecule has 3 nitrogen and oxygen atoms in total. The maximum atomic E-state index is 6.04. The van der Waals surface area contributed by atoms with Crippen molar-refractivity contribution in [2.45, 2.75) is 32.6 Å². The number of benzene rings is 1. The summed E-state index contributed by atoms with van der Waals surface area (Å²) in [5.41, 5.74) is 10.9. The summed E-state index contributed by atoms with van der Waals surface area (Å²) in [6.07, 6.45) is 4.59. The predicted octanol–water partition coefficient (Wildman–Crippen LogP) is 3.40. The number of aromatic nitrogens is 2. The number of nitrogens with two attached hydrogens (primary N) is 1. The van der Waals surface area contributed by atoms with Crippen LogP contribution in [-0.4, -0.2) is 9.78 Å². The van der Waals surface area contributed by atoms with Gasteiger partial charge in [0.2, 0.25) is 0 Å². The number of nitrogen functional groups attached to an aromatic ring is 1. The van der Waals surface area contributed by atoms with Crippen molar-refractivity contribution in [3.05, 3.63) is 39.5 Å². The van der Waals surface area contributed by atoms with Crippen molar-refractivity contribution in [1.82, 2.24) is 9.78 Å². The highest BCUT2D eigenvalue weighted by atomic mass is 79.9. The summed E-state index contributed by atoms with van der Waals surface area (Å²) >= 11 is 3.57. The lowest BCUT2D eigenvalue weighted by molar-refractivity contribution is 0.652. The molecule has 2 aromatic rings. The zero-order valence-electron chi connectivity index (χ0n) is 10.4. The van der Waals surface area contributed by atoms with E-state index in [4.69, 9.17) is 5.73 Å². The van der Waals surface area contributed by atoms with E-state index in [2.05, 4.69) is 40.1 Å². The molecular weight excluding hydrogens is 290 g/mol. The molecule has 0 unspecified atom stereocenters. The molecule has 2 N–H and O–H groups in total. The minimum atomic E-state index is 0.698. The van der Waals surface area contributed by atoms with Crippen LogP contribution in [0.4, 0.5) is 5.82 Å². The fourth-order valence-electron chi connectivity index (χ4n) is 2.65. The van der Waals surface area contributed by atoms with Gasteiger partial charge in [0.25, 0.3) is 0 Å². The highest BCUT2D eigenvalue weighted by Crippen LogP contribution is 2.30. The Hall–Kier alpha value is -1.29. The molecule has 1 aromatic heterocycles. The molecule has 0 bridgehead atoms. The lowest BCUT2D eigenvalue weighted by Crippen LogP contribution is -2.09. The van der Waals surface area contributed by atoms with Gasteiger partial charge in [0.05, 0.1) is 5.69 Å².